The van der Waals surface area contributed by atoms with Crippen molar-refractivity contribution in [3.63, 3.8) is 0 Å². The normalized spacial score (nSPS) is 15.1. The number of hydrogen-bond donors (Lipinski definition) is 1. The van der Waals surface area contributed by atoms with Gasteiger partial charge in [0.15, 0.2) is 15.0 Å². The molecule has 1 aliphatic rings. The Balaban J connectivity index is 1.19. The van der Waals surface area contributed by atoms with E-state index in [1.54, 1.807) is 35.6 Å². The zero-order valence-electron chi connectivity index (χ0n) is 20.0. The van der Waals surface area contributed by atoms with Gasteiger partial charge in [0.25, 0.3) is 0 Å². The molecule has 2 heterocycles. The first-order valence-electron chi connectivity index (χ1n) is 11.6. The molecule has 1 N–H and O–H groups in total. The summed E-state index contributed by atoms with van der Waals surface area (Å²) in [5.41, 5.74) is 4.59. The van der Waals surface area contributed by atoms with Gasteiger partial charge in [0.1, 0.15) is 0 Å². The lowest BCUT2D eigenvalue weighted by molar-refractivity contribution is -0.120. The molecule has 0 unspecified atom stereocenters. The zero-order chi connectivity index (χ0) is 24.3. The van der Waals surface area contributed by atoms with E-state index in [4.69, 9.17) is 4.98 Å². The fourth-order valence-corrected chi connectivity index (χ4v) is 6.50. The molecule has 1 saturated heterocycles. The third-order valence-electron chi connectivity index (χ3n) is 6.18. The van der Waals surface area contributed by atoms with Gasteiger partial charge in [-0.2, -0.15) is 0 Å². The molecule has 4 rings (SSSR count). The number of aryl methyl sites for hydroxylation is 3. The summed E-state index contributed by atoms with van der Waals surface area (Å²) >= 11 is 1.76. The highest BCUT2D eigenvalue weighted by atomic mass is 32.2. The third kappa shape index (κ3) is 5.95. The van der Waals surface area contributed by atoms with Crippen LogP contribution in [-0.2, 0) is 14.6 Å². The first kappa shape index (κ1) is 24.6. The molecule has 34 heavy (non-hydrogen) atoms. The number of fused-ring (bicyclic) bond motifs is 1. The summed E-state index contributed by atoms with van der Waals surface area (Å²) in [6.07, 6.45) is -0.0273. The zero-order valence-corrected chi connectivity index (χ0v) is 21.6. The van der Waals surface area contributed by atoms with Gasteiger partial charge in [-0.05, 0) is 50.1 Å². The summed E-state index contributed by atoms with van der Waals surface area (Å²) in [7, 11) is -3.45. The molecule has 0 atom stereocenters. The number of aromatic nitrogens is 1. The molecule has 182 valence electrons. The lowest BCUT2D eigenvalue weighted by Crippen LogP contribution is -2.48. The molecule has 1 aromatic heterocycles. The molecule has 0 aliphatic carbocycles. The Bertz CT molecular complexity index is 1260. The van der Waals surface area contributed by atoms with Gasteiger partial charge in [0.05, 0.1) is 20.9 Å². The van der Waals surface area contributed by atoms with Crippen molar-refractivity contribution in [1.29, 1.82) is 0 Å². The predicted octanol–water partition coefficient (Wildman–Crippen LogP) is 3.32. The van der Waals surface area contributed by atoms with E-state index in [1.807, 2.05) is 6.92 Å². The smallest absolute Gasteiger partial charge is 0.221 e. The number of amides is 1. The van der Waals surface area contributed by atoms with E-state index in [1.165, 1.54) is 15.8 Å². The number of carbonyl (C=O) groups excluding carboxylic acids is 1. The van der Waals surface area contributed by atoms with E-state index in [9.17, 15) is 13.2 Å². The number of carbonyl (C=O) groups is 1. The second-order valence-electron chi connectivity index (χ2n) is 8.99. The van der Waals surface area contributed by atoms with E-state index in [0.29, 0.717) is 6.54 Å². The molecule has 1 aliphatic heterocycles. The average Bonchev–Trinajstić information content (AvgIpc) is 3.23. The van der Waals surface area contributed by atoms with Gasteiger partial charge in [0.2, 0.25) is 5.91 Å². The number of nitrogens with one attached hydrogen (secondary N) is 1. The fraction of sp³-hybridized carbons (Fsp3) is 0.440. The van der Waals surface area contributed by atoms with Crippen LogP contribution in [0, 0.1) is 20.8 Å². The number of piperazine rings is 1. The van der Waals surface area contributed by atoms with Gasteiger partial charge < -0.3 is 10.2 Å². The van der Waals surface area contributed by atoms with Crippen LogP contribution in [0.2, 0.25) is 0 Å². The third-order valence-corrected chi connectivity index (χ3v) is 9.18. The van der Waals surface area contributed by atoms with E-state index in [-0.39, 0.29) is 23.0 Å². The van der Waals surface area contributed by atoms with Crippen molar-refractivity contribution in [3.05, 3.63) is 53.1 Å². The van der Waals surface area contributed by atoms with Crippen LogP contribution < -0.4 is 10.2 Å². The maximum atomic E-state index is 12.4. The van der Waals surface area contributed by atoms with Gasteiger partial charge in [-0.25, -0.2) is 13.4 Å². The minimum Gasteiger partial charge on any atom is -0.355 e. The molecule has 2 aromatic carbocycles. The summed E-state index contributed by atoms with van der Waals surface area (Å²) in [6.45, 7) is 11.0. The summed E-state index contributed by atoms with van der Waals surface area (Å²) in [4.78, 5) is 22.0. The summed E-state index contributed by atoms with van der Waals surface area (Å²) in [5, 5.41) is 3.94. The van der Waals surface area contributed by atoms with Crippen LogP contribution in [0.25, 0.3) is 10.2 Å². The summed E-state index contributed by atoms with van der Waals surface area (Å²) < 4.78 is 26.1. The van der Waals surface area contributed by atoms with Crippen molar-refractivity contribution in [2.24, 2.45) is 0 Å². The van der Waals surface area contributed by atoms with Crippen molar-refractivity contribution in [2.45, 2.75) is 32.1 Å². The average molecular weight is 501 g/mol. The Morgan fingerprint density at radius 2 is 1.74 bits per heavy atom. The molecule has 9 heteroatoms. The fourth-order valence-electron chi connectivity index (χ4n) is 4.20. The van der Waals surface area contributed by atoms with Crippen molar-refractivity contribution < 1.29 is 13.2 Å². The Morgan fingerprint density at radius 3 is 2.44 bits per heavy atom. The first-order valence-corrected chi connectivity index (χ1v) is 14.1. The second kappa shape index (κ2) is 10.4. The monoisotopic (exact) mass is 500 g/mol. The van der Waals surface area contributed by atoms with Crippen LogP contribution in [0.1, 0.15) is 23.1 Å². The number of rotatable bonds is 8. The predicted molar refractivity (Wildman–Crippen MR) is 139 cm³/mol. The van der Waals surface area contributed by atoms with Gasteiger partial charge >= 0.3 is 0 Å². The van der Waals surface area contributed by atoms with Crippen molar-refractivity contribution in [2.75, 3.05) is 49.9 Å². The van der Waals surface area contributed by atoms with E-state index in [0.717, 1.165) is 48.9 Å². The minimum atomic E-state index is -3.45. The van der Waals surface area contributed by atoms with Crippen LogP contribution in [0.5, 0.6) is 0 Å². The Labute approximate surface area is 205 Å². The van der Waals surface area contributed by atoms with E-state index >= 15 is 0 Å². The maximum Gasteiger partial charge on any atom is 0.221 e. The number of hydrogen-bond acceptors (Lipinski definition) is 7. The molecule has 0 spiro atoms. The number of thiazole rings is 1. The SMILES string of the molecule is Cc1ccc(S(=O)(=O)CCC(=O)NCCN2CCN(c3nc4cc(C)cc(C)c4s3)CC2)cc1. The summed E-state index contributed by atoms with van der Waals surface area (Å²) in [6, 6.07) is 11.1. The second-order valence-corrected chi connectivity index (χ2v) is 12.1. The van der Waals surface area contributed by atoms with Crippen molar-refractivity contribution >= 4 is 42.4 Å². The van der Waals surface area contributed by atoms with Crippen LogP contribution in [0.15, 0.2) is 41.3 Å². The van der Waals surface area contributed by atoms with Gasteiger partial charge in [-0.15, -0.1) is 0 Å². The first-order chi connectivity index (χ1) is 16.2. The highest BCUT2D eigenvalue weighted by molar-refractivity contribution is 7.91. The molecule has 0 radical (unpaired) electrons. The maximum absolute atomic E-state index is 12.4. The van der Waals surface area contributed by atoms with Gasteiger partial charge in [0, 0.05) is 45.7 Å². The Hall–Kier alpha value is -2.49. The lowest BCUT2D eigenvalue weighted by Gasteiger charge is -2.34. The Kier molecular flexibility index (Phi) is 7.54. The molecule has 0 saturated carbocycles. The molecular weight excluding hydrogens is 468 g/mol. The minimum absolute atomic E-state index is 0.0273. The number of benzene rings is 2. The van der Waals surface area contributed by atoms with Crippen LogP contribution in [-0.4, -0.2) is 69.2 Å². The van der Waals surface area contributed by atoms with Gasteiger partial charge in [-0.3, -0.25) is 9.69 Å². The van der Waals surface area contributed by atoms with Crippen LogP contribution in [0.4, 0.5) is 5.13 Å². The summed E-state index contributed by atoms with van der Waals surface area (Å²) in [5.74, 6) is -0.406. The number of nitrogens with zero attached hydrogens (tertiary/aromatic N) is 3. The topological polar surface area (TPSA) is 82.6 Å². The van der Waals surface area contributed by atoms with Crippen LogP contribution in [0.3, 0.4) is 0 Å². The number of anilines is 1. The van der Waals surface area contributed by atoms with E-state index in [2.05, 4.69) is 41.1 Å². The highest BCUT2D eigenvalue weighted by Gasteiger charge is 2.21. The van der Waals surface area contributed by atoms with Crippen molar-refractivity contribution in [3.8, 4) is 0 Å². The molecule has 7 nitrogen and oxygen atoms in total. The van der Waals surface area contributed by atoms with Gasteiger partial charge in [-0.1, -0.05) is 35.1 Å². The quantitative estimate of drug-likeness (QED) is 0.511. The highest BCUT2D eigenvalue weighted by Crippen LogP contribution is 2.32. The molecule has 1 amide bonds. The molecular formula is C25H32N4O3S2. The van der Waals surface area contributed by atoms with E-state index < -0.39 is 9.84 Å². The largest absolute Gasteiger partial charge is 0.355 e. The van der Waals surface area contributed by atoms with Crippen LogP contribution >= 0.6 is 11.3 Å². The molecule has 3 aromatic rings. The molecule has 1 fully saturated rings. The lowest BCUT2D eigenvalue weighted by atomic mass is 10.1. The van der Waals surface area contributed by atoms with Crippen molar-refractivity contribution in [1.82, 2.24) is 15.2 Å². The Morgan fingerprint density at radius 1 is 1.03 bits per heavy atom. The molecule has 0 bridgehead atoms. The standard InChI is InChI=1S/C25H32N4O3S2/c1-18-4-6-21(7-5-18)34(31,32)15-8-23(30)26-9-10-28-11-13-29(14-12-28)25-27-22-17-19(2)16-20(3)24(22)33-25/h4-7,16-17H,8-15H2,1-3H3,(H,26,30). The number of sulfone groups is 1.